The SMILES string of the molecule is CC(Nc1cccnc1[N+](=O)[O-])C(=O)N1CCCCC1. The molecular formula is C13H18N4O3. The molecule has 1 aromatic rings. The van der Waals surface area contributed by atoms with Crippen molar-refractivity contribution in [3.8, 4) is 0 Å². The molecule has 1 atom stereocenters. The second-order valence-corrected chi connectivity index (χ2v) is 4.88. The van der Waals surface area contributed by atoms with Gasteiger partial charge in [0.1, 0.15) is 17.9 Å². The molecule has 2 heterocycles. The van der Waals surface area contributed by atoms with Crippen LogP contribution in [0.5, 0.6) is 0 Å². The summed E-state index contributed by atoms with van der Waals surface area (Å²) in [6.07, 6.45) is 4.55. The number of hydrogen-bond acceptors (Lipinski definition) is 5. The van der Waals surface area contributed by atoms with Crippen LogP contribution < -0.4 is 5.32 Å². The van der Waals surface area contributed by atoms with E-state index in [0.717, 1.165) is 32.4 Å². The predicted molar refractivity (Wildman–Crippen MR) is 74.4 cm³/mol. The van der Waals surface area contributed by atoms with Gasteiger partial charge < -0.3 is 20.3 Å². The molecule has 1 fully saturated rings. The summed E-state index contributed by atoms with van der Waals surface area (Å²) in [4.78, 5) is 28.1. The zero-order valence-corrected chi connectivity index (χ0v) is 11.4. The Bertz CT molecular complexity index is 500. The maximum Gasteiger partial charge on any atom is 0.386 e. The van der Waals surface area contributed by atoms with Crippen molar-refractivity contribution >= 4 is 17.4 Å². The highest BCUT2D eigenvalue weighted by molar-refractivity contribution is 5.85. The molecule has 1 N–H and O–H groups in total. The summed E-state index contributed by atoms with van der Waals surface area (Å²) in [5, 5.41) is 13.8. The zero-order chi connectivity index (χ0) is 14.5. The van der Waals surface area contributed by atoms with Crippen molar-refractivity contribution in [3.05, 3.63) is 28.4 Å². The number of nitrogens with one attached hydrogen (secondary N) is 1. The lowest BCUT2D eigenvalue weighted by molar-refractivity contribution is -0.388. The Morgan fingerprint density at radius 1 is 1.45 bits per heavy atom. The van der Waals surface area contributed by atoms with E-state index in [1.807, 2.05) is 4.90 Å². The van der Waals surface area contributed by atoms with E-state index in [9.17, 15) is 14.9 Å². The van der Waals surface area contributed by atoms with E-state index in [4.69, 9.17) is 0 Å². The molecule has 0 aromatic carbocycles. The summed E-state index contributed by atoms with van der Waals surface area (Å²) >= 11 is 0. The molecule has 20 heavy (non-hydrogen) atoms. The molecule has 0 saturated carbocycles. The molecule has 7 heteroatoms. The molecule has 1 unspecified atom stereocenters. The van der Waals surface area contributed by atoms with E-state index in [-0.39, 0.29) is 17.4 Å². The summed E-state index contributed by atoms with van der Waals surface area (Å²) in [5.41, 5.74) is 0.273. The molecule has 1 aromatic heterocycles. The third-order valence-corrected chi connectivity index (χ3v) is 3.37. The van der Waals surface area contributed by atoms with Crippen LogP contribution in [0.2, 0.25) is 0 Å². The lowest BCUT2D eigenvalue weighted by atomic mass is 10.1. The molecule has 1 aliphatic heterocycles. The normalized spacial score (nSPS) is 16.6. The molecule has 1 aliphatic rings. The number of carbonyl (C=O) groups excluding carboxylic acids is 1. The molecule has 1 amide bonds. The van der Waals surface area contributed by atoms with E-state index in [1.54, 1.807) is 19.1 Å². The van der Waals surface area contributed by atoms with Gasteiger partial charge in [-0.15, -0.1) is 0 Å². The van der Waals surface area contributed by atoms with Gasteiger partial charge in [-0.2, -0.15) is 0 Å². The zero-order valence-electron chi connectivity index (χ0n) is 11.4. The van der Waals surface area contributed by atoms with E-state index in [0.29, 0.717) is 0 Å². The number of pyridine rings is 1. The number of nitro groups is 1. The quantitative estimate of drug-likeness (QED) is 0.670. The van der Waals surface area contributed by atoms with Crippen LogP contribution in [0, 0.1) is 10.1 Å². The molecule has 7 nitrogen and oxygen atoms in total. The number of rotatable bonds is 4. The van der Waals surface area contributed by atoms with E-state index < -0.39 is 11.0 Å². The molecule has 1 saturated heterocycles. The Morgan fingerprint density at radius 2 is 2.15 bits per heavy atom. The van der Waals surface area contributed by atoms with Gasteiger partial charge in [0.05, 0.1) is 0 Å². The lowest BCUT2D eigenvalue weighted by Gasteiger charge is -2.29. The lowest BCUT2D eigenvalue weighted by Crippen LogP contribution is -2.43. The van der Waals surface area contributed by atoms with Gasteiger partial charge in [-0.1, -0.05) is 0 Å². The first-order valence-corrected chi connectivity index (χ1v) is 6.74. The fourth-order valence-corrected chi connectivity index (χ4v) is 2.34. The number of anilines is 1. The average Bonchev–Trinajstić information content (AvgIpc) is 2.47. The van der Waals surface area contributed by atoms with Gasteiger partial charge in [-0.3, -0.25) is 4.79 Å². The van der Waals surface area contributed by atoms with Crippen LogP contribution in [0.15, 0.2) is 18.3 Å². The van der Waals surface area contributed by atoms with Gasteiger partial charge in [-0.25, -0.2) is 0 Å². The number of hydrogen-bond donors (Lipinski definition) is 1. The van der Waals surface area contributed by atoms with Crippen LogP contribution in [-0.4, -0.2) is 39.8 Å². The summed E-state index contributed by atoms with van der Waals surface area (Å²) < 4.78 is 0. The number of amides is 1. The summed E-state index contributed by atoms with van der Waals surface area (Å²) in [5.74, 6) is -0.284. The van der Waals surface area contributed by atoms with Crippen molar-refractivity contribution in [3.63, 3.8) is 0 Å². The monoisotopic (exact) mass is 278 g/mol. The third-order valence-electron chi connectivity index (χ3n) is 3.37. The number of aromatic nitrogens is 1. The highest BCUT2D eigenvalue weighted by Crippen LogP contribution is 2.21. The highest BCUT2D eigenvalue weighted by Gasteiger charge is 2.24. The van der Waals surface area contributed by atoms with Gasteiger partial charge in [0, 0.05) is 13.1 Å². The van der Waals surface area contributed by atoms with Crippen LogP contribution >= 0.6 is 0 Å². The van der Waals surface area contributed by atoms with Gasteiger partial charge in [-0.05, 0) is 48.2 Å². The second-order valence-electron chi connectivity index (χ2n) is 4.88. The predicted octanol–water partition coefficient (Wildman–Crippen LogP) is 1.80. The van der Waals surface area contributed by atoms with E-state index >= 15 is 0 Å². The van der Waals surface area contributed by atoms with Crippen molar-refractivity contribution in [2.24, 2.45) is 0 Å². The van der Waals surface area contributed by atoms with Crippen LogP contribution in [0.25, 0.3) is 0 Å². The van der Waals surface area contributed by atoms with Crippen molar-refractivity contribution in [2.45, 2.75) is 32.2 Å². The second kappa shape index (κ2) is 6.31. The molecule has 2 rings (SSSR count). The van der Waals surface area contributed by atoms with Crippen molar-refractivity contribution in [1.82, 2.24) is 9.88 Å². The molecule has 0 aliphatic carbocycles. The average molecular weight is 278 g/mol. The fourth-order valence-electron chi connectivity index (χ4n) is 2.34. The molecule has 0 bridgehead atoms. The molecular weight excluding hydrogens is 260 g/mol. The first kappa shape index (κ1) is 14.2. The van der Waals surface area contributed by atoms with Gasteiger partial charge in [0.15, 0.2) is 0 Å². The van der Waals surface area contributed by atoms with Crippen LogP contribution in [-0.2, 0) is 4.79 Å². The van der Waals surface area contributed by atoms with E-state index in [1.165, 1.54) is 6.20 Å². The molecule has 108 valence electrons. The summed E-state index contributed by atoms with van der Waals surface area (Å²) in [6.45, 7) is 3.24. The minimum absolute atomic E-state index is 0.0251. The summed E-state index contributed by atoms with van der Waals surface area (Å²) in [7, 11) is 0. The van der Waals surface area contributed by atoms with Crippen LogP contribution in [0.1, 0.15) is 26.2 Å². The maximum atomic E-state index is 12.3. The first-order valence-electron chi connectivity index (χ1n) is 6.74. The van der Waals surface area contributed by atoms with Gasteiger partial charge >= 0.3 is 5.82 Å². The minimum Gasteiger partial charge on any atom is -0.367 e. The maximum absolute atomic E-state index is 12.3. The highest BCUT2D eigenvalue weighted by atomic mass is 16.6. The number of nitrogens with zero attached hydrogens (tertiary/aromatic N) is 3. The van der Waals surface area contributed by atoms with E-state index in [2.05, 4.69) is 10.3 Å². The first-order chi connectivity index (χ1) is 9.59. The van der Waals surface area contributed by atoms with Crippen LogP contribution in [0.3, 0.4) is 0 Å². The molecule has 0 radical (unpaired) electrons. The Kier molecular flexibility index (Phi) is 4.49. The number of likely N-dealkylation sites (tertiary alicyclic amines) is 1. The van der Waals surface area contributed by atoms with Crippen molar-refractivity contribution in [1.29, 1.82) is 0 Å². The smallest absolute Gasteiger partial charge is 0.367 e. The Hall–Kier alpha value is -2.18. The standard InChI is InChI=1S/C13H18N4O3/c1-10(13(18)16-8-3-2-4-9-16)15-11-6-5-7-14-12(11)17(19)20/h5-7,10,15H,2-4,8-9H2,1H3. The largest absolute Gasteiger partial charge is 0.386 e. The van der Waals surface area contributed by atoms with Crippen molar-refractivity contribution < 1.29 is 9.72 Å². The van der Waals surface area contributed by atoms with Crippen molar-refractivity contribution in [2.75, 3.05) is 18.4 Å². The topological polar surface area (TPSA) is 88.4 Å². The number of piperidine rings is 1. The van der Waals surface area contributed by atoms with Gasteiger partial charge in [0.2, 0.25) is 5.91 Å². The van der Waals surface area contributed by atoms with Crippen LogP contribution in [0.4, 0.5) is 11.5 Å². The Labute approximate surface area is 117 Å². The fraction of sp³-hybridized carbons (Fsp3) is 0.538. The Balaban J connectivity index is 2.05. The number of carbonyl (C=O) groups is 1. The van der Waals surface area contributed by atoms with Gasteiger partial charge in [0.25, 0.3) is 0 Å². The summed E-state index contributed by atoms with van der Waals surface area (Å²) in [6, 6.07) is 2.66. The third kappa shape index (κ3) is 3.23. The Morgan fingerprint density at radius 3 is 2.80 bits per heavy atom. The minimum atomic E-state index is -0.555. The molecule has 0 spiro atoms.